The predicted octanol–water partition coefficient (Wildman–Crippen LogP) is 1.77. The Morgan fingerprint density at radius 2 is 1.95 bits per heavy atom. The molecule has 0 unspecified atom stereocenters. The maximum Gasteiger partial charge on any atom is 0.251 e. The van der Waals surface area contributed by atoms with Gasteiger partial charge in [0.05, 0.1) is 4.90 Å². The number of carbonyl (C=O) groups excluding carboxylic acids is 1. The Morgan fingerprint density at radius 1 is 1.27 bits per heavy atom. The lowest BCUT2D eigenvalue weighted by molar-refractivity contribution is 0.0956. The Bertz CT molecular complexity index is 754. The summed E-state index contributed by atoms with van der Waals surface area (Å²) in [5.74, 6) is 0.469. The molecule has 0 spiro atoms. The highest BCUT2D eigenvalue weighted by atomic mass is 32.2. The number of nitrogens with zero attached hydrogens (tertiary/aromatic N) is 2. The van der Waals surface area contributed by atoms with Gasteiger partial charge in [0.15, 0.2) is 14.2 Å². The molecule has 2 rings (SSSR count). The van der Waals surface area contributed by atoms with Gasteiger partial charge in [-0.1, -0.05) is 23.1 Å². The lowest BCUT2D eigenvalue weighted by Gasteiger charge is -2.05. The van der Waals surface area contributed by atoms with Gasteiger partial charge in [-0.25, -0.2) is 8.42 Å². The fourth-order valence-electron chi connectivity index (χ4n) is 1.60. The Kier molecular flexibility index (Phi) is 5.54. The highest BCUT2D eigenvalue weighted by molar-refractivity contribution is 8.01. The molecule has 2 aromatic rings. The summed E-state index contributed by atoms with van der Waals surface area (Å²) in [7, 11) is -3.24. The van der Waals surface area contributed by atoms with E-state index >= 15 is 0 Å². The normalized spacial score (nSPS) is 11.4. The van der Waals surface area contributed by atoms with E-state index in [4.69, 9.17) is 0 Å². The van der Waals surface area contributed by atoms with Crippen LogP contribution in [0.4, 0.5) is 0 Å². The van der Waals surface area contributed by atoms with Crippen molar-refractivity contribution in [2.45, 2.75) is 16.2 Å². The Balaban J connectivity index is 1.82. The molecule has 22 heavy (non-hydrogen) atoms. The van der Waals surface area contributed by atoms with E-state index in [1.54, 1.807) is 0 Å². The van der Waals surface area contributed by atoms with Gasteiger partial charge in [0, 0.05) is 24.1 Å². The number of nitrogens with one attached hydrogen (secondary N) is 1. The van der Waals surface area contributed by atoms with E-state index in [2.05, 4.69) is 15.5 Å². The zero-order valence-electron chi connectivity index (χ0n) is 12.1. The fourth-order valence-corrected chi connectivity index (χ4v) is 3.97. The minimum absolute atomic E-state index is 0.200. The Labute approximate surface area is 137 Å². The molecule has 0 fully saturated rings. The van der Waals surface area contributed by atoms with Crippen molar-refractivity contribution in [2.24, 2.45) is 0 Å². The number of hydrogen-bond donors (Lipinski definition) is 1. The molecule has 0 bridgehead atoms. The maximum atomic E-state index is 11.9. The van der Waals surface area contributed by atoms with Gasteiger partial charge in [0.1, 0.15) is 5.01 Å². The summed E-state index contributed by atoms with van der Waals surface area (Å²) in [4.78, 5) is 12.1. The summed E-state index contributed by atoms with van der Waals surface area (Å²) in [6, 6.07) is 5.88. The van der Waals surface area contributed by atoms with Crippen molar-refractivity contribution in [3.05, 3.63) is 34.8 Å². The van der Waals surface area contributed by atoms with Gasteiger partial charge >= 0.3 is 0 Å². The summed E-state index contributed by atoms with van der Waals surface area (Å²) in [5.41, 5.74) is 0.434. The number of aromatic nitrogens is 2. The molecule has 9 heteroatoms. The zero-order valence-corrected chi connectivity index (χ0v) is 14.5. The topological polar surface area (TPSA) is 89.0 Å². The molecule has 1 aromatic carbocycles. The van der Waals surface area contributed by atoms with Gasteiger partial charge < -0.3 is 5.32 Å². The second-order valence-corrected chi connectivity index (χ2v) is 9.03. The quantitative estimate of drug-likeness (QED) is 0.626. The molecule has 6 nitrogen and oxygen atoms in total. The van der Waals surface area contributed by atoms with E-state index in [1.807, 2.05) is 6.92 Å². The van der Waals surface area contributed by atoms with Crippen LogP contribution in [-0.4, -0.2) is 43.1 Å². The molecule has 0 aliphatic carbocycles. The van der Waals surface area contributed by atoms with E-state index in [0.29, 0.717) is 17.9 Å². The summed E-state index contributed by atoms with van der Waals surface area (Å²) in [5, 5.41) is 11.6. The number of amides is 1. The van der Waals surface area contributed by atoms with Crippen LogP contribution in [0.1, 0.15) is 15.4 Å². The van der Waals surface area contributed by atoms with Crippen molar-refractivity contribution in [1.29, 1.82) is 0 Å². The van der Waals surface area contributed by atoms with Crippen LogP contribution in [0.25, 0.3) is 0 Å². The van der Waals surface area contributed by atoms with E-state index < -0.39 is 9.84 Å². The van der Waals surface area contributed by atoms with Crippen LogP contribution < -0.4 is 5.32 Å². The van der Waals surface area contributed by atoms with Crippen LogP contribution in [0.2, 0.25) is 0 Å². The van der Waals surface area contributed by atoms with E-state index in [1.165, 1.54) is 47.4 Å². The zero-order chi connectivity index (χ0) is 16.2. The molecule has 0 saturated carbocycles. The monoisotopic (exact) mass is 357 g/mol. The highest BCUT2D eigenvalue weighted by Gasteiger charge is 2.09. The summed E-state index contributed by atoms with van der Waals surface area (Å²) < 4.78 is 23.6. The highest BCUT2D eigenvalue weighted by Crippen LogP contribution is 2.21. The van der Waals surface area contributed by atoms with Crippen LogP contribution >= 0.6 is 23.1 Å². The predicted molar refractivity (Wildman–Crippen MR) is 87.3 cm³/mol. The number of benzene rings is 1. The van der Waals surface area contributed by atoms with Gasteiger partial charge in [0.25, 0.3) is 5.91 Å². The molecule has 1 N–H and O–H groups in total. The lowest BCUT2D eigenvalue weighted by Crippen LogP contribution is -2.25. The number of hydrogen-bond acceptors (Lipinski definition) is 7. The van der Waals surface area contributed by atoms with E-state index in [0.717, 1.165) is 15.6 Å². The number of rotatable bonds is 6. The van der Waals surface area contributed by atoms with Crippen LogP contribution in [0.3, 0.4) is 0 Å². The third-order valence-corrected chi connectivity index (χ3v) is 5.77. The SMILES string of the molecule is Cc1nnc(SCCNC(=O)c2ccc(S(C)(=O)=O)cc2)s1. The van der Waals surface area contributed by atoms with Gasteiger partial charge in [-0.2, -0.15) is 0 Å². The molecule has 1 aromatic heterocycles. The maximum absolute atomic E-state index is 11.9. The van der Waals surface area contributed by atoms with Gasteiger partial charge in [-0.05, 0) is 31.2 Å². The number of sulfone groups is 1. The van der Waals surface area contributed by atoms with Crippen LogP contribution in [-0.2, 0) is 9.84 Å². The third-order valence-electron chi connectivity index (χ3n) is 2.67. The molecule has 1 heterocycles. The van der Waals surface area contributed by atoms with Crippen molar-refractivity contribution < 1.29 is 13.2 Å². The number of aryl methyl sites for hydroxylation is 1. The summed E-state index contributed by atoms with van der Waals surface area (Å²) >= 11 is 3.05. The Hall–Kier alpha value is -1.45. The standard InChI is InChI=1S/C13H15N3O3S3/c1-9-15-16-13(21-9)20-8-7-14-12(17)10-3-5-11(6-4-10)22(2,18)19/h3-6H,7-8H2,1-2H3,(H,14,17). The average molecular weight is 357 g/mol. The lowest BCUT2D eigenvalue weighted by atomic mass is 10.2. The second kappa shape index (κ2) is 7.21. The first kappa shape index (κ1) is 16.9. The smallest absolute Gasteiger partial charge is 0.251 e. The minimum Gasteiger partial charge on any atom is -0.351 e. The van der Waals surface area contributed by atoms with E-state index in [-0.39, 0.29) is 10.8 Å². The van der Waals surface area contributed by atoms with Crippen LogP contribution in [0, 0.1) is 6.92 Å². The first-order valence-electron chi connectivity index (χ1n) is 6.37. The summed E-state index contributed by atoms with van der Waals surface area (Å²) in [6.07, 6.45) is 1.13. The van der Waals surface area contributed by atoms with Crippen LogP contribution in [0.15, 0.2) is 33.5 Å². The largest absolute Gasteiger partial charge is 0.351 e. The van der Waals surface area contributed by atoms with E-state index in [9.17, 15) is 13.2 Å². The Morgan fingerprint density at radius 3 is 2.50 bits per heavy atom. The van der Waals surface area contributed by atoms with Crippen molar-refractivity contribution in [3.8, 4) is 0 Å². The molecule has 0 atom stereocenters. The molecular formula is C13H15N3O3S3. The van der Waals surface area contributed by atoms with Gasteiger partial charge in [-0.3, -0.25) is 4.79 Å². The van der Waals surface area contributed by atoms with Crippen molar-refractivity contribution in [1.82, 2.24) is 15.5 Å². The first-order valence-corrected chi connectivity index (χ1v) is 10.1. The molecule has 118 valence electrons. The van der Waals surface area contributed by atoms with Gasteiger partial charge in [0.2, 0.25) is 0 Å². The molecule has 0 aliphatic heterocycles. The second-order valence-electron chi connectivity index (χ2n) is 4.49. The van der Waals surface area contributed by atoms with Gasteiger partial charge in [-0.15, -0.1) is 10.2 Å². The fraction of sp³-hybridized carbons (Fsp3) is 0.308. The van der Waals surface area contributed by atoms with Crippen LogP contribution in [0.5, 0.6) is 0 Å². The molecule has 1 amide bonds. The third kappa shape index (κ3) is 4.79. The number of thioether (sulfide) groups is 1. The van der Waals surface area contributed by atoms with Crippen molar-refractivity contribution in [2.75, 3.05) is 18.6 Å². The number of carbonyl (C=O) groups is 1. The minimum atomic E-state index is -3.24. The first-order chi connectivity index (χ1) is 10.4. The van der Waals surface area contributed by atoms with Crippen molar-refractivity contribution >= 4 is 38.8 Å². The molecule has 0 saturated heterocycles. The van der Waals surface area contributed by atoms with Crippen molar-refractivity contribution in [3.63, 3.8) is 0 Å². The molecule has 0 aliphatic rings. The average Bonchev–Trinajstić information content (AvgIpc) is 2.88. The molecule has 0 radical (unpaired) electrons. The molecular weight excluding hydrogens is 342 g/mol. The summed E-state index contributed by atoms with van der Waals surface area (Å²) in [6.45, 7) is 2.39.